The van der Waals surface area contributed by atoms with E-state index in [1.54, 1.807) is 6.20 Å². The van der Waals surface area contributed by atoms with Gasteiger partial charge in [0.15, 0.2) is 5.11 Å². The Bertz CT molecular complexity index is 874. The number of benzene rings is 2. The summed E-state index contributed by atoms with van der Waals surface area (Å²) >= 11 is 5.38. The van der Waals surface area contributed by atoms with E-state index in [2.05, 4.69) is 44.5 Å². The Kier molecular flexibility index (Phi) is 5.86. The number of aromatic nitrogens is 2. The zero-order valence-electron chi connectivity index (χ0n) is 14.9. The summed E-state index contributed by atoms with van der Waals surface area (Å²) in [6.07, 6.45) is 3.76. The summed E-state index contributed by atoms with van der Waals surface area (Å²) in [4.78, 5) is 4.25. The summed E-state index contributed by atoms with van der Waals surface area (Å²) < 4.78 is 7.55. The molecule has 0 amide bonds. The minimum absolute atomic E-state index is 0.577. The monoisotopic (exact) mass is 366 g/mol. The number of thiocarbonyl (C=S) groups is 1. The Morgan fingerprint density at radius 3 is 2.69 bits per heavy atom. The van der Waals surface area contributed by atoms with E-state index in [9.17, 15) is 0 Å². The van der Waals surface area contributed by atoms with Crippen LogP contribution in [0.4, 0.5) is 5.69 Å². The molecule has 0 saturated carbocycles. The van der Waals surface area contributed by atoms with Gasteiger partial charge in [0.2, 0.25) is 0 Å². The maximum absolute atomic E-state index is 5.50. The van der Waals surface area contributed by atoms with Gasteiger partial charge in [-0.25, -0.2) is 4.98 Å². The Balaban J connectivity index is 1.54. The number of hydrogen-bond acceptors (Lipinski definition) is 3. The lowest BCUT2D eigenvalue weighted by Gasteiger charge is -2.12. The van der Waals surface area contributed by atoms with Crippen molar-refractivity contribution in [2.45, 2.75) is 20.4 Å². The molecule has 26 heavy (non-hydrogen) atoms. The third-order valence-corrected chi connectivity index (χ3v) is 4.14. The van der Waals surface area contributed by atoms with Crippen LogP contribution in [0.5, 0.6) is 5.75 Å². The van der Waals surface area contributed by atoms with Gasteiger partial charge in [-0.1, -0.05) is 18.2 Å². The lowest BCUT2D eigenvalue weighted by Crippen LogP contribution is -2.27. The molecule has 0 atom stereocenters. The number of nitrogens with zero attached hydrogens (tertiary/aromatic N) is 2. The molecule has 3 aromatic rings. The number of anilines is 1. The molecule has 0 bridgehead atoms. The largest absolute Gasteiger partial charge is 0.494 e. The summed E-state index contributed by atoms with van der Waals surface area (Å²) in [5.41, 5.74) is 3.15. The molecule has 0 aliphatic carbocycles. The summed E-state index contributed by atoms with van der Waals surface area (Å²) in [7, 11) is 0. The van der Waals surface area contributed by atoms with E-state index in [0.29, 0.717) is 18.3 Å². The highest BCUT2D eigenvalue weighted by Gasteiger charge is 2.02. The second-order valence-corrected chi connectivity index (χ2v) is 6.19. The minimum atomic E-state index is 0.577. The van der Waals surface area contributed by atoms with Gasteiger partial charge in [0.05, 0.1) is 6.61 Å². The molecule has 0 spiro atoms. The second kappa shape index (κ2) is 8.49. The smallest absolute Gasteiger partial charge is 0.171 e. The van der Waals surface area contributed by atoms with Crippen LogP contribution in [0.15, 0.2) is 60.9 Å². The molecule has 0 aliphatic rings. The van der Waals surface area contributed by atoms with E-state index in [-0.39, 0.29) is 0 Å². The van der Waals surface area contributed by atoms with Gasteiger partial charge in [-0.15, -0.1) is 0 Å². The van der Waals surface area contributed by atoms with Crippen molar-refractivity contribution in [3.05, 3.63) is 72.3 Å². The van der Waals surface area contributed by atoms with Crippen molar-refractivity contribution in [3.8, 4) is 11.4 Å². The number of ether oxygens (including phenoxy) is 1. The first-order chi connectivity index (χ1) is 12.7. The molecular weight excluding hydrogens is 344 g/mol. The first kappa shape index (κ1) is 17.9. The van der Waals surface area contributed by atoms with E-state index in [1.807, 2.05) is 44.3 Å². The van der Waals surface area contributed by atoms with Gasteiger partial charge in [0, 0.05) is 36.4 Å². The van der Waals surface area contributed by atoms with Crippen molar-refractivity contribution in [1.29, 1.82) is 0 Å². The molecule has 3 rings (SSSR count). The van der Waals surface area contributed by atoms with Crippen LogP contribution >= 0.6 is 12.2 Å². The highest BCUT2D eigenvalue weighted by molar-refractivity contribution is 7.80. The first-order valence-corrected chi connectivity index (χ1v) is 8.93. The average Bonchev–Trinajstić information content (AvgIpc) is 3.07. The third-order valence-electron chi connectivity index (χ3n) is 3.90. The van der Waals surface area contributed by atoms with Gasteiger partial charge in [-0.3, -0.25) is 0 Å². The Hall–Kier alpha value is -2.86. The lowest BCUT2D eigenvalue weighted by molar-refractivity contribution is 0.340. The predicted molar refractivity (Wildman–Crippen MR) is 109 cm³/mol. The molecule has 6 heteroatoms. The highest BCUT2D eigenvalue weighted by Crippen LogP contribution is 2.17. The van der Waals surface area contributed by atoms with Crippen molar-refractivity contribution in [3.63, 3.8) is 0 Å². The average molecular weight is 366 g/mol. The fourth-order valence-corrected chi connectivity index (χ4v) is 2.80. The van der Waals surface area contributed by atoms with Crippen LogP contribution in [0, 0.1) is 6.92 Å². The van der Waals surface area contributed by atoms with Crippen molar-refractivity contribution in [2.75, 3.05) is 11.9 Å². The Labute approximate surface area is 159 Å². The topological polar surface area (TPSA) is 51.1 Å². The van der Waals surface area contributed by atoms with Crippen molar-refractivity contribution in [2.24, 2.45) is 0 Å². The summed E-state index contributed by atoms with van der Waals surface area (Å²) in [5.74, 6) is 1.79. The summed E-state index contributed by atoms with van der Waals surface area (Å²) in [6.45, 7) is 5.24. The molecule has 134 valence electrons. The minimum Gasteiger partial charge on any atom is -0.494 e. The molecule has 1 aromatic heterocycles. The molecule has 1 heterocycles. The lowest BCUT2D eigenvalue weighted by atomic mass is 10.2. The first-order valence-electron chi connectivity index (χ1n) is 8.52. The maximum Gasteiger partial charge on any atom is 0.171 e. The van der Waals surface area contributed by atoms with E-state index >= 15 is 0 Å². The molecular formula is C20H22N4OS. The van der Waals surface area contributed by atoms with E-state index in [0.717, 1.165) is 28.5 Å². The van der Waals surface area contributed by atoms with Crippen LogP contribution in [-0.4, -0.2) is 21.3 Å². The second-order valence-electron chi connectivity index (χ2n) is 5.78. The number of imidazole rings is 1. The van der Waals surface area contributed by atoms with Crippen LogP contribution in [0.3, 0.4) is 0 Å². The third kappa shape index (κ3) is 4.61. The Morgan fingerprint density at radius 1 is 1.19 bits per heavy atom. The van der Waals surface area contributed by atoms with E-state index in [1.165, 1.54) is 0 Å². The predicted octanol–water partition coefficient (Wildman–Crippen LogP) is 4.07. The SMILES string of the molecule is CCOc1cccc(NC(=S)NCc2ccc(-n3ccnc3C)cc2)c1. The molecule has 0 saturated heterocycles. The molecule has 5 nitrogen and oxygen atoms in total. The van der Waals surface area contributed by atoms with Crippen LogP contribution in [0.1, 0.15) is 18.3 Å². The molecule has 2 N–H and O–H groups in total. The zero-order valence-corrected chi connectivity index (χ0v) is 15.7. The van der Waals surface area contributed by atoms with Gasteiger partial charge in [-0.2, -0.15) is 0 Å². The van der Waals surface area contributed by atoms with Crippen molar-refractivity contribution in [1.82, 2.24) is 14.9 Å². The number of hydrogen-bond donors (Lipinski definition) is 2. The van der Waals surface area contributed by atoms with E-state index < -0.39 is 0 Å². The van der Waals surface area contributed by atoms with Crippen LogP contribution in [0.2, 0.25) is 0 Å². The Morgan fingerprint density at radius 2 is 2.00 bits per heavy atom. The molecule has 2 aromatic carbocycles. The van der Waals surface area contributed by atoms with Crippen LogP contribution < -0.4 is 15.4 Å². The van der Waals surface area contributed by atoms with Crippen LogP contribution in [0.25, 0.3) is 5.69 Å². The molecule has 0 radical (unpaired) electrons. The van der Waals surface area contributed by atoms with Gasteiger partial charge in [0.25, 0.3) is 0 Å². The molecule has 0 aliphatic heterocycles. The fraction of sp³-hybridized carbons (Fsp3) is 0.200. The summed E-state index contributed by atoms with van der Waals surface area (Å²) in [5, 5.41) is 6.98. The zero-order chi connectivity index (χ0) is 18.4. The van der Waals surface area contributed by atoms with Gasteiger partial charge < -0.3 is 19.9 Å². The number of nitrogens with one attached hydrogen (secondary N) is 2. The fourth-order valence-electron chi connectivity index (χ4n) is 2.61. The van der Waals surface area contributed by atoms with E-state index in [4.69, 9.17) is 17.0 Å². The quantitative estimate of drug-likeness (QED) is 0.644. The normalized spacial score (nSPS) is 10.4. The van der Waals surface area contributed by atoms with Gasteiger partial charge >= 0.3 is 0 Å². The highest BCUT2D eigenvalue weighted by atomic mass is 32.1. The van der Waals surface area contributed by atoms with Gasteiger partial charge in [-0.05, 0) is 55.9 Å². The maximum atomic E-state index is 5.50. The number of rotatable bonds is 6. The number of aryl methyl sites for hydroxylation is 1. The standard InChI is InChI=1S/C20H22N4OS/c1-3-25-19-6-4-5-17(13-19)23-20(26)22-14-16-7-9-18(10-8-16)24-12-11-21-15(24)2/h4-13H,3,14H2,1-2H3,(H2,22,23,26). The van der Waals surface area contributed by atoms with Gasteiger partial charge in [0.1, 0.15) is 11.6 Å². The van der Waals surface area contributed by atoms with Crippen LogP contribution in [-0.2, 0) is 6.54 Å². The summed E-state index contributed by atoms with van der Waals surface area (Å²) in [6, 6.07) is 16.1. The van der Waals surface area contributed by atoms with Crippen molar-refractivity contribution < 1.29 is 4.74 Å². The van der Waals surface area contributed by atoms with Crippen molar-refractivity contribution >= 4 is 23.0 Å². The molecule has 0 fully saturated rings. The molecule has 0 unspecified atom stereocenters.